The quantitative estimate of drug-likeness (QED) is 0.157. The Morgan fingerprint density at radius 1 is 0.951 bits per heavy atom. The SMILES string of the molecule is CCCOc1ccc(-c2cccc(CCCC(=N)N(CC)C(=O)NCc3ccc(C(C)(C)C)cc3)c2)cc1C(=O)O. The van der Waals surface area contributed by atoms with Crippen molar-refractivity contribution in [2.24, 2.45) is 0 Å². The summed E-state index contributed by atoms with van der Waals surface area (Å²) in [6.45, 7) is 11.7. The van der Waals surface area contributed by atoms with Crippen LogP contribution in [0.2, 0.25) is 0 Å². The largest absolute Gasteiger partial charge is 0.493 e. The van der Waals surface area contributed by atoms with Crippen LogP contribution in [-0.2, 0) is 18.4 Å². The number of carboxylic acid groups (broad SMARTS) is 1. The van der Waals surface area contributed by atoms with Crippen LogP contribution in [0.25, 0.3) is 11.1 Å². The van der Waals surface area contributed by atoms with E-state index in [2.05, 4.69) is 38.2 Å². The predicted molar refractivity (Wildman–Crippen MR) is 165 cm³/mol. The second kappa shape index (κ2) is 14.5. The molecule has 218 valence electrons. The van der Waals surface area contributed by atoms with Crippen molar-refractivity contribution in [3.8, 4) is 16.9 Å². The smallest absolute Gasteiger partial charge is 0.339 e. The lowest BCUT2D eigenvalue weighted by molar-refractivity contribution is 0.0692. The Labute approximate surface area is 244 Å². The van der Waals surface area contributed by atoms with Crippen LogP contribution in [0.5, 0.6) is 5.75 Å². The molecule has 2 amide bonds. The van der Waals surface area contributed by atoms with Crippen molar-refractivity contribution in [1.82, 2.24) is 10.2 Å². The van der Waals surface area contributed by atoms with Crippen molar-refractivity contribution in [2.45, 2.75) is 72.3 Å². The summed E-state index contributed by atoms with van der Waals surface area (Å²) in [5.74, 6) is -0.352. The lowest BCUT2D eigenvalue weighted by atomic mass is 9.87. The lowest BCUT2D eigenvalue weighted by Gasteiger charge is -2.22. The van der Waals surface area contributed by atoms with E-state index in [9.17, 15) is 14.7 Å². The van der Waals surface area contributed by atoms with Gasteiger partial charge in [0.05, 0.1) is 6.61 Å². The first-order valence-electron chi connectivity index (χ1n) is 14.3. The molecule has 3 rings (SSSR count). The van der Waals surface area contributed by atoms with E-state index >= 15 is 0 Å². The second-order valence-electron chi connectivity index (χ2n) is 11.2. The van der Waals surface area contributed by atoms with Crippen LogP contribution >= 0.6 is 0 Å². The van der Waals surface area contributed by atoms with Gasteiger partial charge in [-0.1, -0.05) is 82.3 Å². The number of benzene rings is 3. The zero-order valence-corrected chi connectivity index (χ0v) is 24.9. The zero-order valence-electron chi connectivity index (χ0n) is 24.9. The predicted octanol–water partition coefficient (Wildman–Crippen LogP) is 7.67. The molecule has 0 atom stereocenters. The Morgan fingerprint density at radius 3 is 2.29 bits per heavy atom. The van der Waals surface area contributed by atoms with E-state index in [0.29, 0.717) is 38.3 Å². The zero-order chi connectivity index (χ0) is 30.0. The molecule has 3 aromatic carbocycles. The maximum absolute atomic E-state index is 12.8. The number of carboxylic acids is 1. The fraction of sp³-hybridized carbons (Fsp3) is 0.382. The van der Waals surface area contributed by atoms with Gasteiger partial charge in [0.2, 0.25) is 0 Å². The highest BCUT2D eigenvalue weighted by Crippen LogP contribution is 2.28. The number of carbonyl (C=O) groups excluding carboxylic acids is 1. The Balaban J connectivity index is 1.56. The number of urea groups is 1. The molecule has 0 saturated carbocycles. The number of hydrogen-bond acceptors (Lipinski definition) is 4. The Bertz CT molecular complexity index is 1340. The summed E-state index contributed by atoms with van der Waals surface area (Å²) in [5, 5.41) is 21.1. The van der Waals surface area contributed by atoms with E-state index in [1.54, 1.807) is 12.1 Å². The Kier molecular flexibility index (Phi) is 11.1. The average Bonchev–Trinajstić information content (AvgIpc) is 2.95. The van der Waals surface area contributed by atoms with Gasteiger partial charge in [0.25, 0.3) is 0 Å². The summed E-state index contributed by atoms with van der Waals surface area (Å²) in [6, 6.07) is 21.2. The summed E-state index contributed by atoms with van der Waals surface area (Å²) in [6.07, 6.45) is 2.72. The Morgan fingerprint density at radius 2 is 1.66 bits per heavy atom. The molecule has 3 N–H and O–H groups in total. The van der Waals surface area contributed by atoms with Crippen molar-refractivity contribution in [3.63, 3.8) is 0 Å². The summed E-state index contributed by atoms with van der Waals surface area (Å²) in [5.41, 5.74) is 5.31. The first kappa shape index (κ1) is 31.4. The topological polar surface area (TPSA) is 103 Å². The van der Waals surface area contributed by atoms with Crippen LogP contribution in [0, 0.1) is 5.41 Å². The van der Waals surface area contributed by atoms with E-state index in [1.165, 1.54) is 10.5 Å². The van der Waals surface area contributed by atoms with Gasteiger partial charge in [0.1, 0.15) is 17.1 Å². The molecule has 0 spiro atoms. The van der Waals surface area contributed by atoms with Crippen LogP contribution < -0.4 is 10.1 Å². The standard InChI is InChI=1S/C34H43N3O4/c1-6-20-41-30-19-16-27(22-29(30)32(38)39)26-12-8-10-24(21-26)11-9-13-31(35)37(7-2)33(40)36-23-25-14-17-28(18-15-25)34(3,4)5/h8,10,12,14-19,21-22,35H,6-7,9,11,13,20,23H2,1-5H3,(H,36,40)(H,38,39). The van der Waals surface area contributed by atoms with E-state index in [0.717, 1.165) is 35.1 Å². The number of amidine groups is 1. The van der Waals surface area contributed by atoms with Gasteiger partial charge < -0.3 is 15.2 Å². The van der Waals surface area contributed by atoms with Crippen LogP contribution in [0.1, 0.15) is 80.9 Å². The molecule has 0 heterocycles. The highest BCUT2D eigenvalue weighted by Gasteiger charge is 2.17. The van der Waals surface area contributed by atoms with Crippen LogP contribution in [0.3, 0.4) is 0 Å². The number of carbonyl (C=O) groups is 2. The molecule has 0 saturated heterocycles. The molecule has 0 bridgehead atoms. The van der Waals surface area contributed by atoms with Gasteiger partial charge in [-0.2, -0.15) is 0 Å². The van der Waals surface area contributed by atoms with Gasteiger partial charge in [0, 0.05) is 19.5 Å². The maximum Gasteiger partial charge on any atom is 0.339 e. The van der Waals surface area contributed by atoms with Crippen molar-refractivity contribution in [1.29, 1.82) is 5.41 Å². The number of nitrogens with zero attached hydrogens (tertiary/aromatic N) is 1. The van der Waals surface area contributed by atoms with Crippen molar-refractivity contribution >= 4 is 17.8 Å². The number of aromatic carboxylic acids is 1. The minimum atomic E-state index is -1.02. The molecule has 3 aromatic rings. The third-order valence-corrected chi connectivity index (χ3v) is 6.96. The normalized spacial score (nSPS) is 11.1. The van der Waals surface area contributed by atoms with Crippen molar-refractivity contribution in [3.05, 3.63) is 89.0 Å². The second-order valence-corrected chi connectivity index (χ2v) is 11.2. The van der Waals surface area contributed by atoms with E-state index in [-0.39, 0.29) is 22.8 Å². The molecular formula is C34H43N3O4. The minimum absolute atomic E-state index is 0.0794. The van der Waals surface area contributed by atoms with E-state index in [1.807, 2.05) is 56.3 Å². The van der Waals surface area contributed by atoms with Crippen LogP contribution in [-0.4, -0.2) is 41.0 Å². The summed E-state index contributed by atoms with van der Waals surface area (Å²) >= 11 is 0. The van der Waals surface area contributed by atoms with E-state index in [4.69, 9.17) is 10.1 Å². The molecule has 0 fully saturated rings. The number of nitrogens with one attached hydrogen (secondary N) is 2. The number of hydrogen-bond donors (Lipinski definition) is 3. The van der Waals surface area contributed by atoms with Crippen molar-refractivity contribution in [2.75, 3.05) is 13.2 Å². The fourth-order valence-corrected chi connectivity index (χ4v) is 4.57. The number of aryl methyl sites for hydroxylation is 1. The third kappa shape index (κ3) is 8.93. The van der Waals surface area contributed by atoms with Gasteiger partial charge in [-0.25, -0.2) is 9.59 Å². The van der Waals surface area contributed by atoms with Gasteiger partial charge in [-0.15, -0.1) is 0 Å². The van der Waals surface area contributed by atoms with Crippen LogP contribution in [0.4, 0.5) is 4.79 Å². The minimum Gasteiger partial charge on any atom is -0.493 e. The van der Waals surface area contributed by atoms with E-state index < -0.39 is 5.97 Å². The van der Waals surface area contributed by atoms with Gasteiger partial charge in [-0.3, -0.25) is 10.3 Å². The Hall–Kier alpha value is -4.13. The van der Waals surface area contributed by atoms with Gasteiger partial charge in [-0.05, 0) is 71.6 Å². The first-order chi connectivity index (χ1) is 19.5. The monoisotopic (exact) mass is 557 g/mol. The first-order valence-corrected chi connectivity index (χ1v) is 14.3. The molecule has 0 aliphatic heterocycles. The summed E-state index contributed by atoms with van der Waals surface area (Å²) in [7, 11) is 0. The molecular weight excluding hydrogens is 514 g/mol. The molecule has 0 aliphatic carbocycles. The third-order valence-electron chi connectivity index (χ3n) is 6.96. The summed E-state index contributed by atoms with van der Waals surface area (Å²) < 4.78 is 5.60. The van der Waals surface area contributed by atoms with Gasteiger partial charge in [0.15, 0.2) is 0 Å². The molecule has 41 heavy (non-hydrogen) atoms. The molecule has 0 aliphatic rings. The van der Waals surface area contributed by atoms with Crippen LogP contribution in [0.15, 0.2) is 66.7 Å². The molecule has 0 unspecified atom stereocenters. The molecule has 7 nitrogen and oxygen atoms in total. The number of amides is 2. The average molecular weight is 558 g/mol. The summed E-state index contributed by atoms with van der Waals surface area (Å²) in [4.78, 5) is 26.1. The lowest BCUT2D eigenvalue weighted by Crippen LogP contribution is -2.43. The highest BCUT2D eigenvalue weighted by molar-refractivity contribution is 5.96. The fourth-order valence-electron chi connectivity index (χ4n) is 4.57. The number of rotatable bonds is 12. The van der Waals surface area contributed by atoms with Crippen molar-refractivity contribution < 1.29 is 19.4 Å². The molecule has 0 aromatic heterocycles. The highest BCUT2D eigenvalue weighted by atomic mass is 16.5. The molecule has 7 heteroatoms. The molecule has 0 radical (unpaired) electrons. The maximum atomic E-state index is 12.8. The van der Waals surface area contributed by atoms with Gasteiger partial charge >= 0.3 is 12.0 Å². The number of ether oxygens (including phenoxy) is 1.